The lowest BCUT2D eigenvalue weighted by Gasteiger charge is -2.04. The minimum Gasteiger partial charge on any atom is -0.497 e. The Kier molecular flexibility index (Phi) is 5.32. The van der Waals surface area contributed by atoms with Crippen molar-refractivity contribution in [3.63, 3.8) is 0 Å². The van der Waals surface area contributed by atoms with Crippen LogP contribution in [0.2, 0.25) is 5.02 Å². The summed E-state index contributed by atoms with van der Waals surface area (Å²) in [7, 11) is 1.57. The van der Waals surface area contributed by atoms with E-state index in [1.54, 1.807) is 37.5 Å². The van der Waals surface area contributed by atoms with E-state index in [-0.39, 0.29) is 16.4 Å². The minimum absolute atomic E-state index is 0.149. The van der Waals surface area contributed by atoms with Crippen molar-refractivity contribution in [1.29, 1.82) is 0 Å². The molecule has 23 heavy (non-hydrogen) atoms. The number of nitro benzene ring substituents is 1. The number of anilines is 1. The van der Waals surface area contributed by atoms with Gasteiger partial charge in [0.05, 0.1) is 22.7 Å². The molecule has 0 heterocycles. The third-order valence-electron chi connectivity index (χ3n) is 2.96. The van der Waals surface area contributed by atoms with Crippen molar-refractivity contribution in [2.24, 2.45) is 0 Å². The second-order valence-electron chi connectivity index (χ2n) is 4.52. The van der Waals surface area contributed by atoms with Gasteiger partial charge in [-0.2, -0.15) is 0 Å². The molecule has 2 rings (SSSR count). The lowest BCUT2D eigenvalue weighted by molar-refractivity contribution is -0.384. The van der Waals surface area contributed by atoms with E-state index in [2.05, 4.69) is 5.32 Å². The number of benzene rings is 2. The van der Waals surface area contributed by atoms with Gasteiger partial charge in [0, 0.05) is 18.2 Å². The molecule has 7 heteroatoms. The highest BCUT2D eigenvalue weighted by molar-refractivity contribution is 6.34. The van der Waals surface area contributed by atoms with Crippen LogP contribution >= 0.6 is 11.6 Å². The molecule has 0 spiro atoms. The standard InChI is InChI=1S/C16H13ClN2O4/c1-23-13-6-2-11(3-7-13)4-9-16(20)18-15-10-12(19(21)22)5-8-14(15)17/h2-10H,1H3,(H,18,20). The molecule has 0 aliphatic rings. The first kappa shape index (κ1) is 16.5. The zero-order chi connectivity index (χ0) is 16.8. The minimum atomic E-state index is -0.556. The van der Waals surface area contributed by atoms with E-state index >= 15 is 0 Å². The van der Waals surface area contributed by atoms with Gasteiger partial charge in [-0.1, -0.05) is 23.7 Å². The van der Waals surface area contributed by atoms with Crippen LogP contribution in [-0.2, 0) is 4.79 Å². The number of amides is 1. The molecule has 0 radical (unpaired) electrons. The zero-order valence-corrected chi connectivity index (χ0v) is 12.9. The van der Waals surface area contributed by atoms with Crippen LogP contribution in [0.4, 0.5) is 11.4 Å². The van der Waals surface area contributed by atoms with Gasteiger partial charge < -0.3 is 10.1 Å². The molecule has 0 atom stereocenters. The summed E-state index contributed by atoms with van der Waals surface area (Å²) in [5.41, 5.74) is 0.847. The van der Waals surface area contributed by atoms with Crippen LogP contribution in [0.25, 0.3) is 6.08 Å². The SMILES string of the molecule is COc1ccc(C=CC(=O)Nc2cc([N+](=O)[O-])ccc2Cl)cc1. The van der Waals surface area contributed by atoms with E-state index in [1.165, 1.54) is 24.3 Å². The molecule has 0 saturated carbocycles. The third kappa shape index (κ3) is 4.55. The fourth-order valence-electron chi connectivity index (χ4n) is 1.78. The van der Waals surface area contributed by atoms with Crippen LogP contribution < -0.4 is 10.1 Å². The molecule has 0 unspecified atom stereocenters. The number of carbonyl (C=O) groups is 1. The Balaban J connectivity index is 2.08. The second kappa shape index (κ2) is 7.42. The monoisotopic (exact) mass is 332 g/mol. The number of hydrogen-bond donors (Lipinski definition) is 1. The number of hydrogen-bond acceptors (Lipinski definition) is 4. The normalized spacial score (nSPS) is 10.5. The molecule has 2 aromatic rings. The van der Waals surface area contributed by atoms with Crippen molar-refractivity contribution in [2.45, 2.75) is 0 Å². The highest BCUT2D eigenvalue weighted by Gasteiger charge is 2.10. The largest absolute Gasteiger partial charge is 0.497 e. The van der Waals surface area contributed by atoms with Crippen molar-refractivity contribution in [3.05, 3.63) is 69.2 Å². The van der Waals surface area contributed by atoms with Crippen molar-refractivity contribution < 1.29 is 14.5 Å². The molecule has 1 amide bonds. The van der Waals surface area contributed by atoms with Crippen LogP contribution in [0.3, 0.4) is 0 Å². The van der Waals surface area contributed by atoms with E-state index in [4.69, 9.17) is 16.3 Å². The summed E-state index contributed by atoms with van der Waals surface area (Å²) >= 11 is 5.92. The number of methoxy groups -OCH3 is 1. The van der Waals surface area contributed by atoms with Crippen LogP contribution in [0, 0.1) is 10.1 Å². The van der Waals surface area contributed by atoms with Gasteiger partial charge in [0.1, 0.15) is 5.75 Å². The summed E-state index contributed by atoms with van der Waals surface area (Å²) in [6.45, 7) is 0. The van der Waals surface area contributed by atoms with Crippen molar-refractivity contribution in [1.82, 2.24) is 0 Å². The first-order valence-corrected chi connectivity index (χ1v) is 6.94. The molecule has 0 bridgehead atoms. The Hall–Kier alpha value is -2.86. The molecule has 0 aliphatic carbocycles. The predicted molar refractivity (Wildman–Crippen MR) is 88.8 cm³/mol. The fraction of sp³-hybridized carbons (Fsp3) is 0.0625. The number of nitro groups is 1. The zero-order valence-electron chi connectivity index (χ0n) is 12.2. The van der Waals surface area contributed by atoms with E-state index in [0.717, 1.165) is 11.3 Å². The molecule has 0 aromatic heterocycles. The van der Waals surface area contributed by atoms with Gasteiger partial charge in [0.15, 0.2) is 0 Å². The van der Waals surface area contributed by atoms with Crippen LogP contribution in [0.5, 0.6) is 5.75 Å². The van der Waals surface area contributed by atoms with Gasteiger partial charge >= 0.3 is 0 Å². The van der Waals surface area contributed by atoms with E-state index in [9.17, 15) is 14.9 Å². The van der Waals surface area contributed by atoms with Crippen LogP contribution in [0.1, 0.15) is 5.56 Å². The van der Waals surface area contributed by atoms with Gasteiger partial charge in [-0.3, -0.25) is 14.9 Å². The molecule has 0 fully saturated rings. The lowest BCUT2D eigenvalue weighted by Crippen LogP contribution is -2.08. The molecule has 118 valence electrons. The Bertz CT molecular complexity index is 757. The first-order chi connectivity index (χ1) is 11.0. The van der Waals surface area contributed by atoms with E-state index < -0.39 is 10.8 Å². The van der Waals surface area contributed by atoms with E-state index in [0.29, 0.717) is 0 Å². The summed E-state index contributed by atoms with van der Waals surface area (Å²) in [5, 5.41) is 13.5. The van der Waals surface area contributed by atoms with E-state index in [1.807, 2.05) is 0 Å². The maximum absolute atomic E-state index is 11.9. The Morgan fingerprint density at radius 2 is 1.96 bits per heavy atom. The van der Waals surface area contributed by atoms with Crippen LogP contribution in [-0.4, -0.2) is 17.9 Å². The molecule has 0 aliphatic heterocycles. The second-order valence-corrected chi connectivity index (χ2v) is 4.92. The Morgan fingerprint density at radius 3 is 2.57 bits per heavy atom. The van der Waals surface area contributed by atoms with Gasteiger partial charge in [-0.25, -0.2) is 0 Å². The van der Waals surface area contributed by atoms with Gasteiger partial charge in [0.25, 0.3) is 5.69 Å². The van der Waals surface area contributed by atoms with Gasteiger partial charge in [-0.15, -0.1) is 0 Å². The van der Waals surface area contributed by atoms with Crippen molar-refractivity contribution >= 4 is 35.0 Å². The Labute approximate surface area is 137 Å². The smallest absolute Gasteiger partial charge is 0.271 e. The summed E-state index contributed by atoms with van der Waals surface area (Å²) in [6, 6.07) is 11.0. The number of ether oxygens (including phenoxy) is 1. The fourth-order valence-corrected chi connectivity index (χ4v) is 1.95. The maximum Gasteiger partial charge on any atom is 0.271 e. The molecule has 2 aromatic carbocycles. The average Bonchev–Trinajstić information content (AvgIpc) is 2.55. The molecule has 0 saturated heterocycles. The van der Waals surface area contributed by atoms with Gasteiger partial charge in [0.2, 0.25) is 5.91 Å². The average molecular weight is 333 g/mol. The lowest BCUT2D eigenvalue weighted by atomic mass is 10.2. The molecular weight excluding hydrogens is 320 g/mol. The number of halogens is 1. The molecule has 6 nitrogen and oxygen atoms in total. The van der Waals surface area contributed by atoms with Gasteiger partial charge in [-0.05, 0) is 29.8 Å². The van der Waals surface area contributed by atoms with Crippen molar-refractivity contribution in [2.75, 3.05) is 12.4 Å². The number of carbonyl (C=O) groups excluding carboxylic acids is 1. The number of nitrogens with one attached hydrogen (secondary N) is 1. The highest BCUT2D eigenvalue weighted by Crippen LogP contribution is 2.26. The number of nitrogens with zero attached hydrogens (tertiary/aromatic N) is 1. The predicted octanol–water partition coefficient (Wildman–Crippen LogP) is 3.91. The molecule has 1 N–H and O–H groups in total. The summed E-state index contributed by atoms with van der Waals surface area (Å²) in [6.07, 6.45) is 2.93. The third-order valence-corrected chi connectivity index (χ3v) is 3.29. The first-order valence-electron chi connectivity index (χ1n) is 6.56. The number of non-ortho nitro benzene ring substituents is 1. The summed E-state index contributed by atoms with van der Waals surface area (Å²) in [4.78, 5) is 22.1. The topological polar surface area (TPSA) is 81.5 Å². The quantitative estimate of drug-likeness (QED) is 0.511. The van der Waals surface area contributed by atoms with Crippen molar-refractivity contribution in [3.8, 4) is 5.75 Å². The van der Waals surface area contributed by atoms with Crippen LogP contribution in [0.15, 0.2) is 48.5 Å². The molecular formula is C16H13ClN2O4. The maximum atomic E-state index is 11.9. The summed E-state index contributed by atoms with van der Waals surface area (Å²) in [5.74, 6) is 0.276. The highest BCUT2D eigenvalue weighted by atomic mass is 35.5. The number of rotatable bonds is 5. The summed E-state index contributed by atoms with van der Waals surface area (Å²) < 4.78 is 5.04. The Morgan fingerprint density at radius 1 is 1.26 bits per heavy atom.